The number of rotatable bonds is 8. The highest BCUT2D eigenvalue weighted by Gasteiger charge is 2.27. The topological polar surface area (TPSA) is 96.3 Å². The predicted octanol–water partition coefficient (Wildman–Crippen LogP) is 3.40. The number of fused-ring (bicyclic) bond motifs is 1. The number of aromatic nitrogens is 2. The molecule has 2 heterocycles. The van der Waals surface area contributed by atoms with Gasteiger partial charge in [0.05, 0.1) is 11.3 Å². The number of piperidine rings is 1. The van der Waals surface area contributed by atoms with Crippen molar-refractivity contribution in [3.8, 4) is 0 Å². The molecule has 1 saturated heterocycles. The number of hydrazine groups is 1. The SMILES string of the molecule is CCCCCn1nc(C(=O)NNC(=O)[C@@H]2CCCN(Cc3cccc(F)c3)C2)c2ccccc2c1=O. The van der Waals surface area contributed by atoms with Crippen LogP contribution in [0.5, 0.6) is 0 Å². The smallest absolute Gasteiger partial charge is 0.290 e. The normalized spacial score (nSPS) is 16.1. The van der Waals surface area contributed by atoms with Gasteiger partial charge in [-0.2, -0.15) is 5.10 Å². The van der Waals surface area contributed by atoms with Gasteiger partial charge in [0.1, 0.15) is 5.82 Å². The summed E-state index contributed by atoms with van der Waals surface area (Å²) in [7, 11) is 0. The van der Waals surface area contributed by atoms with E-state index >= 15 is 0 Å². The Balaban J connectivity index is 1.41. The molecule has 190 valence electrons. The highest BCUT2D eigenvalue weighted by atomic mass is 19.1. The van der Waals surface area contributed by atoms with Crippen molar-refractivity contribution in [1.82, 2.24) is 25.5 Å². The monoisotopic (exact) mass is 493 g/mol. The van der Waals surface area contributed by atoms with Crippen molar-refractivity contribution in [1.29, 1.82) is 0 Å². The fraction of sp³-hybridized carbons (Fsp3) is 0.407. The van der Waals surface area contributed by atoms with E-state index in [-0.39, 0.29) is 28.9 Å². The van der Waals surface area contributed by atoms with Crippen LogP contribution in [0.1, 0.15) is 55.1 Å². The molecule has 0 saturated carbocycles. The summed E-state index contributed by atoms with van der Waals surface area (Å²) in [6.07, 6.45) is 4.27. The molecule has 1 fully saturated rings. The van der Waals surface area contributed by atoms with Crippen LogP contribution in [0.4, 0.5) is 4.39 Å². The second kappa shape index (κ2) is 11.9. The van der Waals surface area contributed by atoms with E-state index < -0.39 is 5.91 Å². The quantitative estimate of drug-likeness (QED) is 0.370. The molecule has 1 aliphatic rings. The minimum absolute atomic E-state index is 0.0957. The Morgan fingerprint density at radius 3 is 2.67 bits per heavy atom. The molecule has 8 nitrogen and oxygen atoms in total. The number of unbranched alkanes of at least 4 members (excludes halogenated alkanes) is 2. The Labute approximate surface area is 209 Å². The van der Waals surface area contributed by atoms with Gasteiger partial charge in [-0.25, -0.2) is 9.07 Å². The summed E-state index contributed by atoms with van der Waals surface area (Å²) in [4.78, 5) is 40.8. The van der Waals surface area contributed by atoms with Crippen LogP contribution in [-0.2, 0) is 17.9 Å². The van der Waals surface area contributed by atoms with E-state index in [1.165, 1.54) is 16.8 Å². The average molecular weight is 494 g/mol. The largest absolute Gasteiger partial charge is 0.298 e. The number of carbonyl (C=O) groups excluding carboxylic acids is 2. The number of nitrogens with zero attached hydrogens (tertiary/aromatic N) is 3. The third kappa shape index (κ3) is 6.15. The minimum Gasteiger partial charge on any atom is -0.298 e. The van der Waals surface area contributed by atoms with Gasteiger partial charge >= 0.3 is 0 Å². The zero-order valence-corrected chi connectivity index (χ0v) is 20.5. The van der Waals surface area contributed by atoms with Gasteiger partial charge in [0.25, 0.3) is 11.5 Å². The summed E-state index contributed by atoms with van der Waals surface area (Å²) >= 11 is 0. The van der Waals surface area contributed by atoms with E-state index in [9.17, 15) is 18.8 Å². The lowest BCUT2D eigenvalue weighted by molar-refractivity contribution is -0.127. The fourth-order valence-electron chi connectivity index (χ4n) is 4.65. The molecule has 0 bridgehead atoms. The first-order chi connectivity index (χ1) is 17.5. The van der Waals surface area contributed by atoms with Gasteiger partial charge in [0.2, 0.25) is 5.91 Å². The van der Waals surface area contributed by atoms with Crippen molar-refractivity contribution >= 4 is 22.6 Å². The Morgan fingerprint density at radius 2 is 1.89 bits per heavy atom. The summed E-state index contributed by atoms with van der Waals surface area (Å²) in [6, 6.07) is 13.3. The lowest BCUT2D eigenvalue weighted by Crippen LogP contribution is -2.49. The van der Waals surface area contributed by atoms with E-state index in [4.69, 9.17) is 0 Å². The summed E-state index contributed by atoms with van der Waals surface area (Å²) < 4.78 is 14.9. The maximum absolute atomic E-state index is 13.5. The number of carbonyl (C=O) groups is 2. The number of amides is 2. The third-order valence-electron chi connectivity index (χ3n) is 6.53. The van der Waals surface area contributed by atoms with Crippen molar-refractivity contribution in [3.63, 3.8) is 0 Å². The maximum Gasteiger partial charge on any atom is 0.290 e. The standard InChI is InChI=1S/C27H32FN5O3/c1-2-3-6-15-33-27(36)23-13-5-4-12-22(23)24(31-33)26(35)30-29-25(34)20-10-8-14-32(18-20)17-19-9-7-11-21(28)16-19/h4-5,7,9,11-13,16,20H,2-3,6,8,10,14-15,17-18H2,1H3,(H,29,34)(H,30,35)/t20-/m1/s1. The van der Waals surface area contributed by atoms with Crippen LogP contribution in [0.3, 0.4) is 0 Å². The minimum atomic E-state index is -0.573. The molecule has 2 amide bonds. The number of aryl methyl sites for hydroxylation is 1. The van der Waals surface area contributed by atoms with Crippen molar-refractivity contribution in [2.45, 2.75) is 52.1 Å². The van der Waals surface area contributed by atoms with Gasteiger partial charge < -0.3 is 0 Å². The van der Waals surface area contributed by atoms with E-state index in [0.717, 1.165) is 37.8 Å². The fourth-order valence-corrected chi connectivity index (χ4v) is 4.65. The van der Waals surface area contributed by atoms with E-state index in [2.05, 4.69) is 27.8 Å². The zero-order valence-electron chi connectivity index (χ0n) is 20.5. The Hall–Kier alpha value is -3.59. The Bertz CT molecular complexity index is 1290. The lowest BCUT2D eigenvalue weighted by atomic mass is 9.97. The Morgan fingerprint density at radius 1 is 1.08 bits per heavy atom. The second-order valence-corrected chi connectivity index (χ2v) is 9.28. The van der Waals surface area contributed by atoms with Gasteiger partial charge in [0, 0.05) is 25.0 Å². The highest BCUT2D eigenvalue weighted by Crippen LogP contribution is 2.19. The molecule has 2 N–H and O–H groups in total. The number of halogens is 1. The molecule has 2 aromatic carbocycles. The third-order valence-corrected chi connectivity index (χ3v) is 6.53. The van der Waals surface area contributed by atoms with Crippen molar-refractivity contribution in [2.75, 3.05) is 13.1 Å². The molecule has 0 radical (unpaired) electrons. The van der Waals surface area contributed by atoms with Crippen LogP contribution < -0.4 is 16.4 Å². The van der Waals surface area contributed by atoms with Crippen molar-refractivity contribution in [2.24, 2.45) is 5.92 Å². The van der Waals surface area contributed by atoms with Crippen LogP contribution in [0, 0.1) is 11.7 Å². The highest BCUT2D eigenvalue weighted by molar-refractivity contribution is 6.05. The second-order valence-electron chi connectivity index (χ2n) is 9.28. The first kappa shape index (κ1) is 25.5. The lowest BCUT2D eigenvalue weighted by Gasteiger charge is -2.32. The van der Waals surface area contributed by atoms with Crippen molar-refractivity contribution in [3.05, 3.63) is 76.0 Å². The number of hydrogen-bond acceptors (Lipinski definition) is 5. The number of benzene rings is 2. The molecule has 0 spiro atoms. The molecule has 36 heavy (non-hydrogen) atoms. The van der Waals surface area contributed by atoms with Crippen LogP contribution in [0.25, 0.3) is 10.8 Å². The predicted molar refractivity (Wildman–Crippen MR) is 136 cm³/mol. The average Bonchev–Trinajstić information content (AvgIpc) is 2.89. The van der Waals surface area contributed by atoms with Crippen LogP contribution >= 0.6 is 0 Å². The van der Waals surface area contributed by atoms with Crippen LogP contribution in [-0.4, -0.2) is 39.6 Å². The molecule has 1 aromatic heterocycles. The summed E-state index contributed by atoms with van der Waals surface area (Å²) in [5, 5.41) is 5.19. The molecular formula is C27H32FN5O3. The molecule has 1 atom stereocenters. The summed E-state index contributed by atoms with van der Waals surface area (Å²) in [5.74, 6) is -1.44. The number of hydrogen-bond donors (Lipinski definition) is 2. The van der Waals surface area contributed by atoms with Crippen molar-refractivity contribution < 1.29 is 14.0 Å². The molecule has 0 unspecified atom stereocenters. The van der Waals surface area contributed by atoms with E-state index in [0.29, 0.717) is 36.8 Å². The summed E-state index contributed by atoms with van der Waals surface area (Å²) in [6.45, 7) is 4.39. The molecule has 4 rings (SSSR count). The maximum atomic E-state index is 13.5. The van der Waals surface area contributed by atoms with E-state index in [1.54, 1.807) is 30.3 Å². The first-order valence-electron chi connectivity index (χ1n) is 12.5. The Kier molecular flexibility index (Phi) is 8.43. The zero-order chi connectivity index (χ0) is 25.5. The van der Waals surface area contributed by atoms with Gasteiger partial charge in [-0.15, -0.1) is 0 Å². The van der Waals surface area contributed by atoms with Gasteiger partial charge in [0.15, 0.2) is 5.69 Å². The summed E-state index contributed by atoms with van der Waals surface area (Å²) in [5.41, 5.74) is 5.75. The molecule has 0 aliphatic carbocycles. The number of likely N-dealkylation sites (tertiary alicyclic amines) is 1. The molecule has 9 heteroatoms. The molecule has 1 aliphatic heterocycles. The van der Waals surface area contributed by atoms with Gasteiger partial charge in [-0.3, -0.25) is 30.1 Å². The van der Waals surface area contributed by atoms with E-state index in [1.807, 2.05) is 6.07 Å². The van der Waals surface area contributed by atoms with Gasteiger partial charge in [-0.05, 0) is 49.6 Å². The van der Waals surface area contributed by atoms with Crippen LogP contribution in [0.15, 0.2) is 53.3 Å². The van der Waals surface area contributed by atoms with Crippen LogP contribution in [0.2, 0.25) is 0 Å². The first-order valence-corrected chi connectivity index (χ1v) is 12.5. The van der Waals surface area contributed by atoms with Gasteiger partial charge in [-0.1, -0.05) is 50.1 Å². The molecule has 3 aromatic rings. The molecular weight excluding hydrogens is 461 g/mol. The number of nitrogens with one attached hydrogen (secondary N) is 2.